The van der Waals surface area contributed by atoms with Gasteiger partial charge in [0.1, 0.15) is 5.82 Å². The molecule has 1 aliphatic rings. The first-order valence-electron chi connectivity index (χ1n) is 9.07. The lowest BCUT2D eigenvalue weighted by atomic mass is 10.2. The first-order chi connectivity index (χ1) is 13.2. The Morgan fingerprint density at radius 3 is 2.89 bits per heavy atom. The van der Waals surface area contributed by atoms with Crippen LogP contribution in [-0.4, -0.2) is 55.2 Å². The van der Waals surface area contributed by atoms with Gasteiger partial charge < -0.3 is 14.6 Å². The third-order valence-electron chi connectivity index (χ3n) is 5.09. The minimum Gasteiger partial charge on any atom is -0.377 e. The summed E-state index contributed by atoms with van der Waals surface area (Å²) < 4.78 is 9.35. The number of aromatic nitrogens is 6. The van der Waals surface area contributed by atoms with Crippen LogP contribution in [0.5, 0.6) is 0 Å². The minimum atomic E-state index is 0.268. The molecule has 1 unspecified atom stereocenters. The molecule has 1 aliphatic heterocycles. The van der Waals surface area contributed by atoms with Gasteiger partial charge in [-0.2, -0.15) is 10.2 Å². The van der Waals surface area contributed by atoms with Gasteiger partial charge in [-0.25, -0.2) is 9.50 Å². The molecule has 4 aromatic rings. The van der Waals surface area contributed by atoms with Crippen LogP contribution in [0, 0.1) is 0 Å². The number of fused-ring (bicyclic) bond motifs is 1. The standard InChI is InChI=1S/C19H21N7O/c1-13-12-27-9-8-25(13)18-10-17(16-5-7-21-24(16)2)26-19(23-18)14(11-22-26)15-4-3-6-20-15/h3-7,10-11,13,20H,8-9,12H2,1-2H3. The third kappa shape index (κ3) is 2.60. The summed E-state index contributed by atoms with van der Waals surface area (Å²) >= 11 is 0. The van der Waals surface area contributed by atoms with Gasteiger partial charge in [0.15, 0.2) is 5.65 Å². The highest BCUT2D eigenvalue weighted by molar-refractivity contribution is 5.78. The second kappa shape index (κ2) is 6.24. The first kappa shape index (κ1) is 16.1. The number of nitrogens with zero attached hydrogens (tertiary/aromatic N) is 6. The maximum absolute atomic E-state index is 5.60. The lowest BCUT2D eigenvalue weighted by Gasteiger charge is -2.34. The van der Waals surface area contributed by atoms with Gasteiger partial charge in [0, 0.05) is 32.1 Å². The maximum atomic E-state index is 5.60. The number of hydrogen-bond donors (Lipinski definition) is 1. The van der Waals surface area contributed by atoms with Crippen molar-refractivity contribution in [2.24, 2.45) is 7.05 Å². The van der Waals surface area contributed by atoms with E-state index in [1.165, 1.54) is 0 Å². The monoisotopic (exact) mass is 363 g/mol. The Kier molecular flexibility index (Phi) is 3.71. The molecule has 0 bridgehead atoms. The average Bonchev–Trinajstić information content (AvgIpc) is 3.41. The van der Waals surface area contributed by atoms with Crippen molar-refractivity contribution in [3.05, 3.63) is 42.9 Å². The molecule has 27 heavy (non-hydrogen) atoms. The summed E-state index contributed by atoms with van der Waals surface area (Å²) in [5.74, 6) is 0.933. The van der Waals surface area contributed by atoms with Crippen molar-refractivity contribution < 1.29 is 4.74 Å². The van der Waals surface area contributed by atoms with Crippen molar-refractivity contribution in [2.45, 2.75) is 13.0 Å². The van der Waals surface area contributed by atoms with Crippen molar-refractivity contribution in [1.82, 2.24) is 29.4 Å². The topological polar surface area (TPSA) is 76.3 Å². The van der Waals surface area contributed by atoms with Crippen LogP contribution in [0.4, 0.5) is 5.82 Å². The zero-order valence-electron chi connectivity index (χ0n) is 15.3. The van der Waals surface area contributed by atoms with Crippen LogP contribution < -0.4 is 4.90 Å². The fraction of sp³-hybridized carbons (Fsp3) is 0.316. The number of H-pyrrole nitrogens is 1. The molecule has 5 heterocycles. The number of anilines is 1. The molecular formula is C19H21N7O. The lowest BCUT2D eigenvalue weighted by Crippen LogP contribution is -2.44. The van der Waals surface area contributed by atoms with Crippen LogP contribution in [0.15, 0.2) is 42.9 Å². The third-order valence-corrected chi connectivity index (χ3v) is 5.09. The predicted octanol–water partition coefficient (Wildman–Crippen LogP) is 2.35. The Morgan fingerprint density at radius 1 is 1.22 bits per heavy atom. The molecule has 4 aromatic heterocycles. The van der Waals surface area contributed by atoms with E-state index in [0.29, 0.717) is 13.2 Å². The fourth-order valence-corrected chi connectivity index (χ4v) is 3.66. The van der Waals surface area contributed by atoms with Crippen molar-refractivity contribution in [3.8, 4) is 22.6 Å². The Balaban J connectivity index is 1.76. The smallest absolute Gasteiger partial charge is 0.167 e. The lowest BCUT2D eigenvalue weighted by molar-refractivity contribution is 0.0985. The molecule has 1 saturated heterocycles. The normalized spacial score (nSPS) is 17.7. The van der Waals surface area contributed by atoms with Crippen molar-refractivity contribution in [2.75, 3.05) is 24.7 Å². The zero-order valence-corrected chi connectivity index (χ0v) is 15.3. The largest absolute Gasteiger partial charge is 0.377 e. The van der Waals surface area contributed by atoms with Crippen molar-refractivity contribution >= 4 is 11.5 Å². The van der Waals surface area contributed by atoms with Crippen molar-refractivity contribution in [1.29, 1.82) is 0 Å². The quantitative estimate of drug-likeness (QED) is 0.605. The SMILES string of the molecule is CC1COCCN1c1cc(-c2ccnn2C)n2ncc(-c3ccc[nH]3)c2n1. The molecule has 0 amide bonds. The van der Waals surface area contributed by atoms with Gasteiger partial charge in [-0.15, -0.1) is 0 Å². The maximum Gasteiger partial charge on any atom is 0.167 e. The summed E-state index contributed by atoms with van der Waals surface area (Å²) in [5.41, 5.74) is 4.76. The summed E-state index contributed by atoms with van der Waals surface area (Å²) in [6, 6.07) is 8.38. The molecule has 1 atom stereocenters. The van der Waals surface area contributed by atoms with E-state index < -0.39 is 0 Å². The van der Waals surface area contributed by atoms with E-state index >= 15 is 0 Å². The molecule has 8 heteroatoms. The molecule has 1 fully saturated rings. The van der Waals surface area contributed by atoms with Crippen LogP contribution in [0.25, 0.3) is 28.3 Å². The minimum absolute atomic E-state index is 0.268. The Bertz CT molecular complexity index is 1080. The summed E-state index contributed by atoms with van der Waals surface area (Å²) in [6.07, 6.45) is 5.57. The van der Waals surface area contributed by atoms with Crippen LogP contribution >= 0.6 is 0 Å². The van der Waals surface area contributed by atoms with Gasteiger partial charge in [-0.05, 0) is 25.1 Å². The molecule has 0 aliphatic carbocycles. The molecule has 0 saturated carbocycles. The van der Waals surface area contributed by atoms with Crippen LogP contribution in [0.2, 0.25) is 0 Å². The van der Waals surface area contributed by atoms with E-state index in [0.717, 1.165) is 40.7 Å². The highest BCUT2D eigenvalue weighted by Gasteiger charge is 2.24. The number of aryl methyl sites for hydroxylation is 1. The number of aromatic amines is 1. The van der Waals surface area contributed by atoms with E-state index in [1.54, 1.807) is 6.20 Å². The van der Waals surface area contributed by atoms with E-state index in [-0.39, 0.29) is 6.04 Å². The van der Waals surface area contributed by atoms with E-state index in [1.807, 2.05) is 46.8 Å². The second-order valence-electron chi connectivity index (χ2n) is 6.83. The van der Waals surface area contributed by atoms with Gasteiger partial charge in [0.2, 0.25) is 0 Å². The second-order valence-corrected chi connectivity index (χ2v) is 6.83. The van der Waals surface area contributed by atoms with E-state index in [2.05, 4.69) is 33.1 Å². The van der Waals surface area contributed by atoms with E-state index in [4.69, 9.17) is 9.72 Å². The molecule has 8 nitrogen and oxygen atoms in total. The van der Waals surface area contributed by atoms with Crippen LogP contribution in [0.3, 0.4) is 0 Å². The molecule has 5 rings (SSSR count). The predicted molar refractivity (Wildman–Crippen MR) is 103 cm³/mol. The number of ether oxygens (including phenoxy) is 1. The zero-order chi connectivity index (χ0) is 18.4. The summed E-state index contributed by atoms with van der Waals surface area (Å²) in [5, 5.41) is 8.96. The Labute approximate surface area is 156 Å². The van der Waals surface area contributed by atoms with E-state index in [9.17, 15) is 0 Å². The molecule has 1 N–H and O–H groups in total. The summed E-state index contributed by atoms with van der Waals surface area (Å²) in [4.78, 5) is 10.5. The molecule has 138 valence electrons. The van der Waals surface area contributed by atoms with Crippen LogP contribution in [0.1, 0.15) is 6.92 Å². The Morgan fingerprint density at radius 2 is 2.15 bits per heavy atom. The van der Waals surface area contributed by atoms with Gasteiger partial charge in [0.05, 0.1) is 48.1 Å². The highest BCUT2D eigenvalue weighted by atomic mass is 16.5. The van der Waals surface area contributed by atoms with Gasteiger partial charge >= 0.3 is 0 Å². The first-order valence-corrected chi connectivity index (χ1v) is 9.07. The van der Waals surface area contributed by atoms with Crippen molar-refractivity contribution in [3.63, 3.8) is 0 Å². The molecule has 0 spiro atoms. The van der Waals surface area contributed by atoms with Crippen LogP contribution in [-0.2, 0) is 11.8 Å². The fourth-order valence-electron chi connectivity index (χ4n) is 3.66. The number of morpholine rings is 1. The van der Waals surface area contributed by atoms with Gasteiger partial charge in [-0.1, -0.05) is 0 Å². The Hall–Kier alpha value is -3.13. The summed E-state index contributed by atoms with van der Waals surface area (Å²) in [6.45, 7) is 4.40. The number of hydrogen-bond acceptors (Lipinski definition) is 5. The summed E-state index contributed by atoms with van der Waals surface area (Å²) in [7, 11) is 1.94. The molecule has 0 radical (unpaired) electrons. The molecule has 0 aromatic carbocycles. The number of nitrogens with one attached hydrogen (secondary N) is 1. The van der Waals surface area contributed by atoms with Gasteiger partial charge in [0.25, 0.3) is 0 Å². The average molecular weight is 363 g/mol. The highest BCUT2D eigenvalue weighted by Crippen LogP contribution is 2.30. The number of rotatable bonds is 3. The van der Waals surface area contributed by atoms with Gasteiger partial charge in [-0.3, -0.25) is 4.68 Å². The molecular weight excluding hydrogens is 342 g/mol.